The van der Waals surface area contributed by atoms with E-state index in [1.54, 1.807) is 4.90 Å². The van der Waals surface area contributed by atoms with Gasteiger partial charge in [0.1, 0.15) is 6.10 Å². The first kappa shape index (κ1) is 16.3. The fourth-order valence-electron chi connectivity index (χ4n) is 3.20. The van der Waals surface area contributed by atoms with Crippen molar-refractivity contribution in [2.45, 2.75) is 38.4 Å². The highest BCUT2D eigenvalue weighted by Crippen LogP contribution is 2.30. The lowest BCUT2D eigenvalue weighted by atomic mass is 10.2. The molecule has 1 aromatic rings. The predicted molar refractivity (Wildman–Crippen MR) is 74.5 cm³/mol. The smallest absolute Gasteiger partial charge is 0.363 e. The van der Waals surface area contributed by atoms with Gasteiger partial charge < -0.3 is 19.1 Å². The van der Waals surface area contributed by atoms with Crippen LogP contribution in [0.2, 0.25) is 0 Å². The summed E-state index contributed by atoms with van der Waals surface area (Å²) in [5.74, 6) is -1.08. The van der Waals surface area contributed by atoms with Crippen molar-refractivity contribution in [1.82, 2.24) is 19.4 Å². The van der Waals surface area contributed by atoms with Crippen LogP contribution in [0.25, 0.3) is 0 Å². The van der Waals surface area contributed by atoms with Crippen molar-refractivity contribution in [2.75, 3.05) is 26.7 Å². The lowest BCUT2D eigenvalue weighted by molar-refractivity contribution is -0.157. The van der Waals surface area contributed by atoms with E-state index in [1.165, 1.54) is 6.20 Å². The van der Waals surface area contributed by atoms with Crippen molar-refractivity contribution in [3.63, 3.8) is 0 Å². The third kappa shape index (κ3) is 3.20. The highest BCUT2D eigenvalue weighted by Gasteiger charge is 2.39. The van der Waals surface area contributed by atoms with E-state index in [1.807, 2.05) is 18.9 Å². The van der Waals surface area contributed by atoms with Gasteiger partial charge in [-0.1, -0.05) is 0 Å². The number of rotatable bonds is 1. The number of alkyl halides is 3. The number of morpholine rings is 1. The lowest BCUT2D eigenvalue weighted by Crippen LogP contribution is -2.53. The Morgan fingerprint density at radius 3 is 2.74 bits per heavy atom. The quantitative estimate of drug-likeness (QED) is 0.769. The molecule has 1 saturated heterocycles. The van der Waals surface area contributed by atoms with Crippen LogP contribution in [0.15, 0.2) is 6.20 Å². The maximum atomic E-state index is 12.9. The Bertz CT molecular complexity index is 591. The zero-order chi connectivity index (χ0) is 16.8. The standard InChI is InChI=1S/C14H19F3N4O2/c1-9-6-19(2)8-11(23-9)12(22)20-3-4-21-10(7-20)5-18-13(21)14(15,16)17/h5,9,11H,3-4,6-8H2,1-2H3/t9-,11-/m0/s1. The number of ether oxygens (including phenoxy) is 1. The van der Waals surface area contributed by atoms with Crippen LogP contribution in [0, 0.1) is 0 Å². The number of amides is 1. The normalized spacial score (nSPS) is 26.2. The molecule has 1 amide bonds. The van der Waals surface area contributed by atoms with Gasteiger partial charge >= 0.3 is 6.18 Å². The first-order chi connectivity index (χ1) is 10.8. The second-order valence-electron chi connectivity index (χ2n) is 6.14. The van der Waals surface area contributed by atoms with Gasteiger partial charge in [-0.05, 0) is 14.0 Å². The third-order valence-corrected chi connectivity index (χ3v) is 4.17. The van der Waals surface area contributed by atoms with Gasteiger partial charge in [0, 0.05) is 26.2 Å². The Morgan fingerprint density at radius 1 is 1.35 bits per heavy atom. The molecule has 1 fully saturated rings. The van der Waals surface area contributed by atoms with Crippen molar-refractivity contribution < 1.29 is 22.7 Å². The van der Waals surface area contributed by atoms with Crippen LogP contribution in [0.3, 0.4) is 0 Å². The zero-order valence-corrected chi connectivity index (χ0v) is 13.0. The van der Waals surface area contributed by atoms with Gasteiger partial charge in [-0.2, -0.15) is 13.2 Å². The molecule has 2 aliphatic rings. The fourth-order valence-corrected chi connectivity index (χ4v) is 3.20. The van der Waals surface area contributed by atoms with E-state index < -0.39 is 18.1 Å². The molecule has 128 valence electrons. The molecule has 2 atom stereocenters. The van der Waals surface area contributed by atoms with Crippen molar-refractivity contribution in [2.24, 2.45) is 0 Å². The van der Waals surface area contributed by atoms with Crippen LogP contribution in [0.4, 0.5) is 13.2 Å². The summed E-state index contributed by atoms with van der Waals surface area (Å²) in [7, 11) is 1.92. The minimum atomic E-state index is -4.48. The molecular formula is C14H19F3N4O2. The van der Waals surface area contributed by atoms with Gasteiger partial charge in [0.15, 0.2) is 0 Å². The summed E-state index contributed by atoms with van der Waals surface area (Å²) in [5.41, 5.74) is 0.397. The molecule has 9 heteroatoms. The summed E-state index contributed by atoms with van der Waals surface area (Å²) < 4.78 is 45.4. The Kier molecular flexibility index (Phi) is 4.09. The summed E-state index contributed by atoms with van der Waals surface area (Å²) >= 11 is 0. The second kappa shape index (κ2) is 5.79. The molecule has 0 aromatic carbocycles. The minimum Gasteiger partial charge on any atom is -0.363 e. The summed E-state index contributed by atoms with van der Waals surface area (Å²) in [6.45, 7) is 3.59. The highest BCUT2D eigenvalue weighted by atomic mass is 19.4. The monoisotopic (exact) mass is 332 g/mol. The Morgan fingerprint density at radius 2 is 2.09 bits per heavy atom. The number of nitrogens with zero attached hydrogens (tertiary/aromatic N) is 4. The number of hydrogen-bond acceptors (Lipinski definition) is 4. The maximum Gasteiger partial charge on any atom is 0.449 e. The zero-order valence-electron chi connectivity index (χ0n) is 13.0. The van der Waals surface area contributed by atoms with Crippen molar-refractivity contribution in [3.05, 3.63) is 17.7 Å². The molecule has 2 aliphatic heterocycles. The number of imidazole rings is 1. The summed E-state index contributed by atoms with van der Waals surface area (Å²) in [6, 6.07) is 0. The Labute approximate surface area is 131 Å². The van der Waals surface area contributed by atoms with Crippen LogP contribution in [-0.2, 0) is 28.8 Å². The Balaban J connectivity index is 1.72. The van der Waals surface area contributed by atoms with Gasteiger partial charge in [-0.3, -0.25) is 4.79 Å². The molecule has 0 spiro atoms. The SMILES string of the molecule is C[C@H]1CN(C)C[C@@H](C(=O)N2CCn3c(cnc3C(F)(F)F)C2)O1. The number of halogens is 3. The second-order valence-corrected chi connectivity index (χ2v) is 6.14. The summed E-state index contributed by atoms with van der Waals surface area (Å²) in [5, 5.41) is 0. The highest BCUT2D eigenvalue weighted by molar-refractivity contribution is 5.81. The summed E-state index contributed by atoms with van der Waals surface area (Å²) in [4.78, 5) is 19.6. The Hall–Kier alpha value is -1.61. The largest absolute Gasteiger partial charge is 0.449 e. The van der Waals surface area contributed by atoms with E-state index in [9.17, 15) is 18.0 Å². The van der Waals surface area contributed by atoms with Gasteiger partial charge in [-0.15, -0.1) is 0 Å². The van der Waals surface area contributed by atoms with Gasteiger partial charge in [-0.25, -0.2) is 4.98 Å². The van der Waals surface area contributed by atoms with Crippen LogP contribution >= 0.6 is 0 Å². The van der Waals surface area contributed by atoms with E-state index >= 15 is 0 Å². The predicted octanol–water partition coefficient (Wildman–Crippen LogP) is 0.963. The lowest BCUT2D eigenvalue weighted by Gasteiger charge is -2.37. The number of carbonyl (C=O) groups excluding carboxylic acids is 1. The average molecular weight is 332 g/mol. The first-order valence-corrected chi connectivity index (χ1v) is 7.50. The topological polar surface area (TPSA) is 50.6 Å². The van der Waals surface area contributed by atoms with Gasteiger partial charge in [0.25, 0.3) is 5.91 Å². The van der Waals surface area contributed by atoms with E-state index in [0.717, 1.165) is 11.1 Å². The van der Waals surface area contributed by atoms with Crippen molar-refractivity contribution in [3.8, 4) is 0 Å². The molecule has 6 nitrogen and oxygen atoms in total. The molecule has 0 unspecified atom stereocenters. The molecule has 23 heavy (non-hydrogen) atoms. The molecule has 0 aliphatic carbocycles. The van der Waals surface area contributed by atoms with Crippen LogP contribution in [0.5, 0.6) is 0 Å². The molecule has 0 radical (unpaired) electrons. The number of carbonyl (C=O) groups is 1. The molecule has 3 rings (SSSR count). The number of hydrogen-bond donors (Lipinski definition) is 0. The van der Waals surface area contributed by atoms with Crippen molar-refractivity contribution in [1.29, 1.82) is 0 Å². The van der Waals surface area contributed by atoms with Gasteiger partial charge in [0.2, 0.25) is 5.82 Å². The average Bonchev–Trinajstić information content (AvgIpc) is 2.88. The van der Waals surface area contributed by atoms with Gasteiger partial charge in [0.05, 0.1) is 24.5 Å². The number of aromatic nitrogens is 2. The number of fused-ring (bicyclic) bond motifs is 1. The van der Waals surface area contributed by atoms with E-state index in [-0.39, 0.29) is 31.6 Å². The third-order valence-electron chi connectivity index (χ3n) is 4.17. The molecule has 1 aromatic heterocycles. The molecular weight excluding hydrogens is 313 g/mol. The summed E-state index contributed by atoms with van der Waals surface area (Å²) in [6.07, 6.45) is -3.90. The fraction of sp³-hybridized carbons (Fsp3) is 0.714. The van der Waals surface area contributed by atoms with Crippen LogP contribution in [-0.4, -0.2) is 64.1 Å². The van der Waals surface area contributed by atoms with E-state index in [4.69, 9.17) is 4.74 Å². The minimum absolute atomic E-state index is 0.0464. The maximum absolute atomic E-state index is 12.9. The van der Waals surface area contributed by atoms with Crippen molar-refractivity contribution >= 4 is 5.91 Å². The molecule has 3 heterocycles. The van der Waals surface area contributed by atoms with Crippen LogP contribution < -0.4 is 0 Å². The number of likely N-dealkylation sites (N-methyl/N-ethyl adjacent to an activating group) is 1. The van der Waals surface area contributed by atoms with E-state index in [2.05, 4.69) is 4.98 Å². The van der Waals surface area contributed by atoms with E-state index in [0.29, 0.717) is 12.2 Å². The first-order valence-electron chi connectivity index (χ1n) is 7.50. The molecule has 0 saturated carbocycles. The molecule has 0 N–H and O–H groups in total. The van der Waals surface area contributed by atoms with Crippen LogP contribution in [0.1, 0.15) is 18.4 Å². The molecule has 0 bridgehead atoms.